The minimum atomic E-state index is -0.275. The van der Waals surface area contributed by atoms with Crippen molar-refractivity contribution in [2.45, 2.75) is 79.2 Å². The molecule has 0 bridgehead atoms. The van der Waals surface area contributed by atoms with Crippen molar-refractivity contribution in [2.75, 3.05) is 13.2 Å². The number of fused-ring (bicyclic) bond motifs is 2. The third-order valence-corrected chi connectivity index (χ3v) is 8.85. The summed E-state index contributed by atoms with van der Waals surface area (Å²) >= 11 is 0. The van der Waals surface area contributed by atoms with Crippen molar-refractivity contribution in [2.24, 2.45) is 0 Å². The Bertz CT molecular complexity index is 1440. The zero-order valence-electron chi connectivity index (χ0n) is 23.7. The molecule has 2 aliphatic rings. The number of esters is 1. The number of benzene rings is 3. The molecule has 3 aromatic rings. The van der Waals surface area contributed by atoms with Gasteiger partial charge in [-0.15, -0.1) is 0 Å². The van der Waals surface area contributed by atoms with E-state index in [1.54, 1.807) is 6.07 Å². The first-order valence-electron chi connectivity index (χ1n) is 14.2. The van der Waals surface area contributed by atoms with Gasteiger partial charge in [-0.2, -0.15) is 0 Å². The third kappa shape index (κ3) is 4.88. The number of halogens is 1. The van der Waals surface area contributed by atoms with Gasteiger partial charge in [0.25, 0.3) is 5.91 Å². The van der Waals surface area contributed by atoms with E-state index in [1.807, 2.05) is 42.2 Å². The van der Waals surface area contributed by atoms with Crippen molar-refractivity contribution in [3.8, 4) is 11.1 Å². The van der Waals surface area contributed by atoms with Crippen LogP contribution in [0.5, 0.6) is 0 Å². The van der Waals surface area contributed by atoms with Crippen molar-refractivity contribution >= 4 is 11.9 Å². The van der Waals surface area contributed by atoms with Gasteiger partial charge in [0.1, 0.15) is 5.82 Å². The number of carbonyl (C=O) groups excluding carboxylic acids is 2. The molecule has 1 aliphatic carbocycles. The molecule has 3 aromatic carbocycles. The number of amides is 1. The Morgan fingerprint density at radius 3 is 2.46 bits per heavy atom. The molecule has 4 nitrogen and oxygen atoms in total. The Hall–Kier alpha value is -3.47. The topological polar surface area (TPSA) is 46.6 Å². The van der Waals surface area contributed by atoms with Crippen LogP contribution in [0.2, 0.25) is 0 Å². The monoisotopic (exact) mass is 527 g/mol. The number of hydrogen-bond acceptors (Lipinski definition) is 3. The normalized spacial score (nSPS) is 16.5. The first kappa shape index (κ1) is 27.1. The van der Waals surface area contributed by atoms with E-state index >= 15 is 4.39 Å². The summed E-state index contributed by atoms with van der Waals surface area (Å²) in [7, 11) is 0. The highest BCUT2D eigenvalue weighted by atomic mass is 19.1. The summed E-state index contributed by atoms with van der Waals surface area (Å²) in [5.74, 6) is -0.219. The molecule has 1 aliphatic heterocycles. The van der Waals surface area contributed by atoms with Crippen LogP contribution in [0.25, 0.3) is 11.1 Å². The molecule has 0 fully saturated rings. The first-order valence-corrected chi connectivity index (χ1v) is 14.2. The van der Waals surface area contributed by atoms with Crippen LogP contribution in [0, 0.1) is 26.6 Å². The summed E-state index contributed by atoms with van der Waals surface area (Å²) in [5, 5.41) is 0. The lowest BCUT2D eigenvalue weighted by molar-refractivity contribution is -0.142. The molecule has 1 heterocycles. The van der Waals surface area contributed by atoms with E-state index in [4.69, 9.17) is 4.74 Å². The van der Waals surface area contributed by atoms with Crippen LogP contribution in [-0.4, -0.2) is 29.9 Å². The molecule has 1 unspecified atom stereocenters. The summed E-state index contributed by atoms with van der Waals surface area (Å²) in [6, 6.07) is 11.1. The van der Waals surface area contributed by atoms with E-state index in [0.29, 0.717) is 31.7 Å². The van der Waals surface area contributed by atoms with Crippen LogP contribution in [0.1, 0.15) is 87.5 Å². The minimum Gasteiger partial charge on any atom is -0.466 e. The van der Waals surface area contributed by atoms with Gasteiger partial charge in [0.05, 0.1) is 13.0 Å². The molecule has 0 saturated carbocycles. The van der Waals surface area contributed by atoms with Gasteiger partial charge in [-0.05, 0) is 133 Å². The second-order valence-electron chi connectivity index (χ2n) is 11.1. The van der Waals surface area contributed by atoms with E-state index in [9.17, 15) is 9.59 Å². The fraction of sp³-hybridized carbons (Fsp3) is 0.412. The van der Waals surface area contributed by atoms with Crippen LogP contribution in [-0.2, 0) is 35.3 Å². The van der Waals surface area contributed by atoms with Crippen molar-refractivity contribution in [1.82, 2.24) is 4.90 Å². The van der Waals surface area contributed by atoms with E-state index < -0.39 is 0 Å². The second kappa shape index (κ2) is 11.0. The maximum Gasteiger partial charge on any atom is 0.310 e. The van der Waals surface area contributed by atoms with E-state index in [-0.39, 0.29) is 30.0 Å². The molecular formula is C34H38FNO3. The van der Waals surface area contributed by atoms with Gasteiger partial charge < -0.3 is 9.64 Å². The molecule has 5 rings (SSSR count). The standard InChI is InChI=1S/C34H38FNO3/c1-6-39-31(37)18-28-21(3)25-15-16-36(34(38)24-12-8-7-9-13-24)19-29(25)23(5)33(28)27-17-30(35)32-20(2)11-10-14-26(32)22(27)4/h7-9,12-13,17,20H,6,10-11,14-16,18-19H2,1-5H3. The van der Waals surface area contributed by atoms with Gasteiger partial charge in [0, 0.05) is 18.7 Å². The third-order valence-electron chi connectivity index (χ3n) is 8.85. The Morgan fingerprint density at radius 2 is 1.74 bits per heavy atom. The zero-order valence-corrected chi connectivity index (χ0v) is 23.7. The number of rotatable bonds is 5. The second-order valence-corrected chi connectivity index (χ2v) is 11.1. The van der Waals surface area contributed by atoms with Gasteiger partial charge in [0.15, 0.2) is 0 Å². The molecule has 1 atom stereocenters. The molecule has 0 N–H and O–H groups in total. The first-order chi connectivity index (χ1) is 18.7. The maximum absolute atomic E-state index is 15.7. The zero-order chi connectivity index (χ0) is 27.8. The summed E-state index contributed by atoms with van der Waals surface area (Å²) < 4.78 is 21.1. The van der Waals surface area contributed by atoms with E-state index in [2.05, 4.69) is 27.7 Å². The fourth-order valence-electron chi connectivity index (χ4n) is 6.81. The van der Waals surface area contributed by atoms with Crippen molar-refractivity contribution < 1.29 is 18.7 Å². The van der Waals surface area contributed by atoms with Gasteiger partial charge in [-0.3, -0.25) is 9.59 Å². The molecular weight excluding hydrogens is 489 g/mol. The quantitative estimate of drug-likeness (QED) is 0.331. The van der Waals surface area contributed by atoms with Crippen LogP contribution in [0.15, 0.2) is 36.4 Å². The molecule has 1 amide bonds. The lowest BCUT2D eigenvalue weighted by Crippen LogP contribution is -2.37. The smallest absolute Gasteiger partial charge is 0.310 e. The summed E-state index contributed by atoms with van der Waals surface area (Å²) in [5.41, 5.74) is 10.8. The lowest BCUT2D eigenvalue weighted by Gasteiger charge is -2.34. The van der Waals surface area contributed by atoms with Crippen molar-refractivity contribution in [1.29, 1.82) is 0 Å². The van der Waals surface area contributed by atoms with Gasteiger partial charge in [0.2, 0.25) is 0 Å². The molecule has 0 aromatic heterocycles. The number of ether oxygens (including phenoxy) is 1. The average Bonchev–Trinajstić information content (AvgIpc) is 2.94. The van der Waals surface area contributed by atoms with Crippen molar-refractivity contribution in [3.63, 3.8) is 0 Å². The Balaban J connectivity index is 1.68. The maximum atomic E-state index is 15.7. The summed E-state index contributed by atoms with van der Waals surface area (Å²) in [6.07, 6.45) is 3.77. The molecule has 39 heavy (non-hydrogen) atoms. The van der Waals surface area contributed by atoms with Gasteiger partial charge in [-0.1, -0.05) is 25.1 Å². The van der Waals surface area contributed by atoms with Crippen LogP contribution in [0.4, 0.5) is 4.39 Å². The lowest BCUT2D eigenvalue weighted by atomic mass is 9.76. The van der Waals surface area contributed by atoms with E-state index in [1.165, 1.54) is 5.56 Å². The molecule has 5 heteroatoms. The summed E-state index contributed by atoms with van der Waals surface area (Å²) in [6.45, 7) is 11.6. The Kier molecular flexibility index (Phi) is 7.61. The largest absolute Gasteiger partial charge is 0.466 e. The van der Waals surface area contributed by atoms with Gasteiger partial charge in [-0.25, -0.2) is 4.39 Å². The minimum absolute atomic E-state index is 0.0143. The highest BCUT2D eigenvalue weighted by Gasteiger charge is 2.31. The number of hydrogen-bond donors (Lipinski definition) is 0. The Labute approximate surface area is 231 Å². The molecule has 0 radical (unpaired) electrons. The molecule has 0 saturated heterocycles. The average molecular weight is 528 g/mol. The number of nitrogens with zero attached hydrogens (tertiary/aromatic N) is 1. The highest BCUT2D eigenvalue weighted by Crippen LogP contribution is 2.44. The van der Waals surface area contributed by atoms with Crippen LogP contribution in [0.3, 0.4) is 0 Å². The predicted molar refractivity (Wildman–Crippen MR) is 153 cm³/mol. The molecule has 204 valence electrons. The van der Waals surface area contributed by atoms with Crippen molar-refractivity contribution in [3.05, 3.63) is 92.3 Å². The predicted octanol–water partition coefficient (Wildman–Crippen LogP) is 7.16. The van der Waals surface area contributed by atoms with Gasteiger partial charge >= 0.3 is 5.97 Å². The highest BCUT2D eigenvalue weighted by molar-refractivity contribution is 5.94. The summed E-state index contributed by atoms with van der Waals surface area (Å²) in [4.78, 5) is 28.1. The molecule has 0 spiro atoms. The Morgan fingerprint density at radius 1 is 1.00 bits per heavy atom. The van der Waals surface area contributed by atoms with E-state index in [0.717, 1.165) is 69.3 Å². The van der Waals surface area contributed by atoms with Crippen LogP contribution < -0.4 is 0 Å². The SMILES string of the molecule is CCOC(=O)Cc1c(C)c2c(c(C)c1-c1cc(F)c3c(c1C)CCCC3C)CN(C(=O)c1ccccc1)CC2. The fourth-order valence-corrected chi connectivity index (χ4v) is 6.81. The number of carbonyl (C=O) groups is 2. The van der Waals surface area contributed by atoms with Crippen LogP contribution >= 0.6 is 0 Å².